The standard InChI is InChI=1S/C16H19NO2/c1-2-16(11-17,15(18)19)10-13-8-5-7-12-6-3-4-9-14(12)13/h3-9H,2,10-11,17H2,1H3,(H,18,19). The highest BCUT2D eigenvalue weighted by Gasteiger charge is 2.35. The first-order valence-electron chi connectivity index (χ1n) is 6.53. The topological polar surface area (TPSA) is 63.3 Å². The Kier molecular flexibility index (Phi) is 3.86. The zero-order chi connectivity index (χ0) is 13.9. The van der Waals surface area contributed by atoms with Gasteiger partial charge in [0.05, 0.1) is 5.41 Å². The first-order valence-corrected chi connectivity index (χ1v) is 6.53. The minimum atomic E-state index is -0.871. The van der Waals surface area contributed by atoms with Gasteiger partial charge in [0.15, 0.2) is 0 Å². The van der Waals surface area contributed by atoms with Gasteiger partial charge >= 0.3 is 5.97 Å². The maximum absolute atomic E-state index is 11.5. The molecule has 0 aromatic heterocycles. The van der Waals surface area contributed by atoms with E-state index in [0.29, 0.717) is 12.8 Å². The molecule has 0 heterocycles. The number of aliphatic carboxylic acids is 1. The number of benzene rings is 2. The van der Waals surface area contributed by atoms with E-state index in [1.165, 1.54) is 0 Å². The summed E-state index contributed by atoms with van der Waals surface area (Å²) in [6, 6.07) is 14.0. The lowest BCUT2D eigenvalue weighted by atomic mass is 9.78. The number of hydrogen-bond donors (Lipinski definition) is 2. The van der Waals surface area contributed by atoms with Crippen LogP contribution in [-0.2, 0) is 11.2 Å². The number of carboxylic acids is 1. The molecule has 0 aliphatic carbocycles. The molecule has 0 bridgehead atoms. The van der Waals surface area contributed by atoms with E-state index >= 15 is 0 Å². The van der Waals surface area contributed by atoms with Gasteiger partial charge in [-0.3, -0.25) is 4.79 Å². The number of rotatable bonds is 5. The number of carbonyl (C=O) groups is 1. The van der Waals surface area contributed by atoms with Crippen LogP contribution in [-0.4, -0.2) is 17.6 Å². The van der Waals surface area contributed by atoms with Crippen molar-refractivity contribution in [1.29, 1.82) is 0 Å². The molecule has 2 aromatic rings. The molecule has 1 unspecified atom stereocenters. The van der Waals surface area contributed by atoms with E-state index in [0.717, 1.165) is 16.3 Å². The normalized spacial score (nSPS) is 14.2. The lowest BCUT2D eigenvalue weighted by Gasteiger charge is -2.27. The first-order chi connectivity index (χ1) is 9.13. The Balaban J connectivity index is 2.48. The summed E-state index contributed by atoms with van der Waals surface area (Å²) in [5.41, 5.74) is 5.91. The first kappa shape index (κ1) is 13.6. The van der Waals surface area contributed by atoms with Gasteiger partial charge in [0.1, 0.15) is 0 Å². The van der Waals surface area contributed by atoms with Crippen molar-refractivity contribution < 1.29 is 9.90 Å². The smallest absolute Gasteiger partial charge is 0.311 e. The summed E-state index contributed by atoms with van der Waals surface area (Å²) in [7, 11) is 0. The molecule has 0 saturated heterocycles. The van der Waals surface area contributed by atoms with Crippen molar-refractivity contribution in [3.63, 3.8) is 0 Å². The van der Waals surface area contributed by atoms with Crippen molar-refractivity contribution in [2.24, 2.45) is 11.1 Å². The predicted octanol–water partition coefficient (Wildman–Crippen LogP) is 2.82. The fourth-order valence-corrected chi connectivity index (χ4v) is 2.47. The highest BCUT2D eigenvalue weighted by Crippen LogP contribution is 2.30. The Morgan fingerprint density at radius 2 is 1.89 bits per heavy atom. The van der Waals surface area contributed by atoms with Gasteiger partial charge in [0.25, 0.3) is 0 Å². The molecule has 0 aliphatic heterocycles. The molecule has 19 heavy (non-hydrogen) atoms. The molecule has 3 nitrogen and oxygen atoms in total. The molecular formula is C16H19NO2. The number of carboxylic acid groups (broad SMARTS) is 1. The van der Waals surface area contributed by atoms with Crippen LogP contribution in [0, 0.1) is 5.41 Å². The molecular weight excluding hydrogens is 238 g/mol. The average Bonchev–Trinajstić information content (AvgIpc) is 2.44. The van der Waals surface area contributed by atoms with Gasteiger partial charge in [-0.1, -0.05) is 49.4 Å². The van der Waals surface area contributed by atoms with E-state index in [1.54, 1.807) is 0 Å². The Morgan fingerprint density at radius 1 is 1.21 bits per heavy atom. The van der Waals surface area contributed by atoms with Crippen LogP contribution in [0.5, 0.6) is 0 Å². The minimum Gasteiger partial charge on any atom is -0.481 e. The van der Waals surface area contributed by atoms with Gasteiger partial charge in [0, 0.05) is 6.54 Å². The maximum Gasteiger partial charge on any atom is 0.311 e. The highest BCUT2D eigenvalue weighted by atomic mass is 16.4. The third kappa shape index (κ3) is 2.47. The van der Waals surface area contributed by atoms with Crippen LogP contribution in [0.1, 0.15) is 18.9 Å². The Morgan fingerprint density at radius 3 is 2.53 bits per heavy atom. The van der Waals surface area contributed by atoms with Gasteiger partial charge < -0.3 is 10.8 Å². The lowest BCUT2D eigenvalue weighted by Crippen LogP contribution is -2.40. The van der Waals surface area contributed by atoms with Crippen molar-refractivity contribution >= 4 is 16.7 Å². The summed E-state index contributed by atoms with van der Waals surface area (Å²) in [4.78, 5) is 11.5. The van der Waals surface area contributed by atoms with Crippen molar-refractivity contribution in [2.75, 3.05) is 6.54 Å². The van der Waals surface area contributed by atoms with Crippen LogP contribution in [0.3, 0.4) is 0 Å². The number of nitrogens with two attached hydrogens (primary N) is 1. The molecule has 0 amide bonds. The summed E-state index contributed by atoms with van der Waals surface area (Å²) in [6.45, 7) is 2.04. The van der Waals surface area contributed by atoms with Crippen molar-refractivity contribution in [2.45, 2.75) is 19.8 Å². The van der Waals surface area contributed by atoms with Crippen LogP contribution >= 0.6 is 0 Å². The van der Waals surface area contributed by atoms with Crippen LogP contribution in [0.2, 0.25) is 0 Å². The van der Waals surface area contributed by atoms with Gasteiger partial charge in [-0.25, -0.2) is 0 Å². The SMILES string of the molecule is CCC(CN)(Cc1cccc2ccccc12)C(=O)O. The second kappa shape index (κ2) is 5.41. The summed E-state index contributed by atoms with van der Waals surface area (Å²) >= 11 is 0. The molecule has 0 radical (unpaired) electrons. The van der Waals surface area contributed by atoms with Crippen LogP contribution in [0.25, 0.3) is 10.8 Å². The van der Waals surface area contributed by atoms with E-state index in [2.05, 4.69) is 0 Å². The molecule has 3 N–H and O–H groups in total. The van der Waals surface area contributed by atoms with Crippen molar-refractivity contribution in [3.05, 3.63) is 48.0 Å². The Labute approximate surface area is 113 Å². The molecule has 3 heteroatoms. The molecule has 0 spiro atoms. The summed E-state index contributed by atoms with van der Waals surface area (Å²) in [6.07, 6.45) is 0.999. The Bertz CT molecular complexity index is 583. The number of hydrogen-bond acceptors (Lipinski definition) is 2. The molecule has 0 saturated carbocycles. The highest BCUT2D eigenvalue weighted by molar-refractivity contribution is 5.86. The van der Waals surface area contributed by atoms with E-state index in [9.17, 15) is 9.90 Å². The van der Waals surface area contributed by atoms with E-state index < -0.39 is 11.4 Å². The molecule has 1 atom stereocenters. The summed E-state index contributed by atoms with van der Waals surface area (Å²) < 4.78 is 0. The van der Waals surface area contributed by atoms with Gasteiger partial charge in [-0.2, -0.15) is 0 Å². The van der Waals surface area contributed by atoms with E-state index in [-0.39, 0.29) is 6.54 Å². The zero-order valence-corrected chi connectivity index (χ0v) is 11.1. The van der Waals surface area contributed by atoms with Gasteiger partial charge in [-0.05, 0) is 29.2 Å². The third-order valence-corrected chi connectivity index (χ3v) is 3.93. The summed E-state index contributed by atoms with van der Waals surface area (Å²) in [5, 5.41) is 11.7. The monoisotopic (exact) mass is 257 g/mol. The fourth-order valence-electron chi connectivity index (χ4n) is 2.47. The van der Waals surface area contributed by atoms with E-state index in [1.807, 2.05) is 49.4 Å². The Hall–Kier alpha value is -1.87. The molecule has 0 aliphatic rings. The van der Waals surface area contributed by atoms with Crippen molar-refractivity contribution in [1.82, 2.24) is 0 Å². The van der Waals surface area contributed by atoms with Gasteiger partial charge in [-0.15, -0.1) is 0 Å². The van der Waals surface area contributed by atoms with Crippen LogP contribution in [0.15, 0.2) is 42.5 Å². The zero-order valence-electron chi connectivity index (χ0n) is 11.1. The summed E-state index contributed by atoms with van der Waals surface area (Å²) in [5.74, 6) is -0.814. The lowest BCUT2D eigenvalue weighted by molar-refractivity contribution is -0.148. The van der Waals surface area contributed by atoms with Crippen LogP contribution in [0.4, 0.5) is 0 Å². The molecule has 2 aromatic carbocycles. The van der Waals surface area contributed by atoms with Gasteiger partial charge in [0.2, 0.25) is 0 Å². The fraction of sp³-hybridized carbons (Fsp3) is 0.312. The number of fused-ring (bicyclic) bond motifs is 1. The second-order valence-corrected chi connectivity index (χ2v) is 4.96. The average molecular weight is 257 g/mol. The second-order valence-electron chi connectivity index (χ2n) is 4.96. The molecule has 2 rings (SSSR count). The molecule has 0 fully saturated rings. The van der Waals surface area contributed by atoms with Crippen molar-refractivity contribution in [3.8, 4) is 0 Å². The van der Waals surface area contributed by atoms with E-state index in [4.69, 9.17) is 5.73 Å². The maximum atomic E-state index is 11.5. The quantitative estimate of drug-likeness (QED) is 0.865. The third-order valence-electron chi connectivity index (χ3n) is 3.93. The molecule has 100 valence electrons. The predicted molar refractivity (Wildman–Crippen MR) is 77.1 cm³/mol. The largest absolute Gasteiger partial charge is 0.481 e. The minimum absolute atomic E-state index is 0.155. The van der Waals surface area contributed by atoms with Crippen LogP contribution < -0.4 is 5.73 Å².